The van der Waals surface area contributed by atoms with Gasteiger partial charge in [0.25, 0.3) is 11.5 Å². The lowest BCUT2D eigenvalue weighted by molar-refractivity contribution is -0.118. The Labute approximate surface area is 239 Å². The predicted molar refractivity (Wildman–Crippen MR) is 163 cm³/mol. The Bertz CT molecular complexity index is 1820. The van der Waals surface area contributed by atoms with Crippen molar-refractivity contribution in [2.24, 2.45) is 5.10 Å². The number of nitrogens with zero attached hydrogens (tertiary/aromatic N) is 3. The Kier molecular flexibility index (Phi) is 7.40. The molecule has 0 radical (unpaired) electrons. The summed E-state index contributed by atoms with van der Waals surface area (Å²) in [6.45, 7) is 4.36. The molecule has 0 aliphatic heterocycles. The quantitative estimate of drug-likeness (QED) is 0.106. The molecule has 1 aliphatic rings. The molecule has 202 valence electrons. The number of hydrazone groups is 1. The number of amides is 1. The first-order valence-corrected chi connectivity index (χ1v) is 15.1. The molecule has 9 heteroatoms. The van der Waals surface area contributed by atoms with Crippen LogP contribution in [0.15, 0.2) is 81.8 Å². The maximum atomic E-state index is 13.9. The van der Waals surface area contributed by atoms with Crippen molar-refractivity contribution >= 4 is 55.7 Å². The molecule has 0 saturated carbocycles. The molecule has 6 rings (SSSR count). The zero-order valence-electron chi connectivity index (χ0n) is 22.3. The number of aromatic nitrogens is 2. The van der Waals surface area contributed by atoms with Gasteiger partial charge in [-0.1, -0.05) is 48.2 Å². The first-order chi connectivity index (χ1) is 19.5. The van der Waals surface area contributed by atoms with Gasteiger partial charge in [0.1, 0.15) is 10.6 Å². The summed E-state index contributed by atoms with van der Waals surface area (Å²) >= 11 is 2.82. The standard InChI is InChI=1S/C31H28N4O3S2/c1-3-38-24-15-13-23(14-16-24)35-30(37)28-25-9-6-10-26(25)40-29(28)32-31(35)39-18-27(36)34-33-19(2)21-12-11-20-7-4-5-8-22(20)17-21/h4-5,7-8,11-17H,3,6,9-10,18H2,1-2H3,(H,34,36). The van der Waals surface area contributed by atoms with Crippen LogP contribution < -0.4 is 15.7 Å². The van der Waals surface area contributed by atoms with Crippen LogP contribution in [0.3, 0.4) is 0 Å². The van der Waals surface area contributed by atoms with Gasteiger partial charge in [-0.05, 0) is 85.3 Å². The molecule has 0 unspecified atom stereocenters. The number of nitrogens with one attached hydrogen (secondary N) is 1. The molecule has 0 spiro atoms. The number of thioether (sulfide) groups is 1. The molecule has 2 aromatic heterocycles. The lowest BCUT2D eigenvalue weighted by Crippen LogP contribution is -2.24. The zero-order valence-corrected chi connectivity index (χ0v) is 23.9. The van der Waals surface area contributed by atoms with Gasteiger partial charge in [0.15, 0.2) is 5.16 Å². The molecule has 1 N–H and O–H groups in total. The first-order valence-electron chi connectivity index (χ1n) is 13.3. The minimum absolute atomic E-state index is 0.0641. The van der Waals surface area contributed by atoms with Crippen LogP contribution in [-0.2, 0) is 17.6 Å². The van der Waals surface area contributed by atoms with Gasteiger partial charge in [-0.3, -0.25) is 14.2 Å². The highest BCUT2D eigenvalue weighted by Gasteiger charge is 2.24. The molecular weight excluding hydrogens is 541 g/mol. The maximum Gasteiger partial charge on any atom is 0.267 e. The van der Waals surface area contributed by atoms with Crippen LogP contribution in [0.5, 0.6) is 5.75 Å². The fraction of sp³-hybridized carbons (Fsp3) is 0.226. The smallest absolute Gasteiger partial charge is 0.267 e. The number of hydrogen-bond acceptors (Lipinski definition) is 7. The highest BCUT2D eigenvalue weighted by atomic mass is 32.2. The van der Waals surface area contributed by atoms with Crippen molar-refractivity contribution in [3.8, 4) is 11.4 Å². The van der Waals surface area contributed by atoms with Crippen LogP contribution in [0.25, 0.3) is 26.7 Å². The van der Waals surface area contributed by atoms with Crippen molar-refractivity contribution in [1.29, 1.82) is 0 Å². The number of benzene rings is 3. The molecule has 2 heterocycles. The first kappa shape index (κ1) is 26.3. The fourth-order valence-electron chi connectivity index (χ4n) is 4.99. The number of aryl methyl sites for hydroxylation is 2. The van der Waals surface area contributed by atoms with E-state index in [2.05, 4.69) is 28.7 Å². The summed E-state index contributed by atoms with van der Waals surface area (Å²) in [6.07, 6.45) is 2.95. The molecule has 0 bridgehead atoms. The van der Waals surface area contributed by atoms with Crippen molar-refractivity contribution in [3.05, 3.63) is 93.1 Å². The van der Waals surface area contributed by atoms with E-state index >= 15 is 0 Å². The van der Waals surface area contributed by atoms with Gasteiger partial charge in [0.05, 0.1) is 29.1 Å². The monoisotopic (exact) mass is 568 g/mol. The average Bonchev–Trinajstić information content (AvgIpc) is 3.56. The summed E-state index contributed by atoms with van der Waals surface area (Å²) in [5, 5.41) is 7.78. The second-order valence-corrected chi connectivity index (χ2v) is 11.6. The Morgan fingerprint density at radius 3 is 2.70 bits per heavy atom. The van der Waals surface area contributed by atoms with E-state index in [-0.39, 0.29) is 17.2 Å². The van der Waals surface area contributed by atoms with E-state index in [1.165, 1.54) is 16.6 Å². The van der Waals surface area contributed by atoms with Crippen molar-refractivity contribution in [3.63, 3.8) is 0 Å². The third-order valence-corrected chi connectivity index (χ3v) is 9.09. The number of hydrogen-bond donors (Lipinski definition) is 1. The normalized spacial score (nSPS) is 13.1. The van der Waals surface area contributed by atoms with Crippen LogP contribution >= 0.6 is 23.1 Å². The number of thiophene rings is 1. The Hall–Kier alpha value is -3.95. The summed E-state index contributed by atoms with van der Waals surface area (Å²) in [4.78, 5) is 33.5. The highest BCUT2D eigenvalue weighted by Crippen LogP contribution is 2.36. The van der Waals surface area contributed by atoms with E-state index in [0.29, 0.717) is 28.5 Å². The summed E-state index contributed by atoms with van der Waals surface area (Å²) in [5.74, 6) is 0.526. The number of rotatable bonds is 8. The van der Waals surface area contributed by atoms with Crippen LogP contribution in [0, 0.1) is 0 Å². The van der Waals surface area contributed by atoms with Crippen molar-refractivity contribution < 1.29 is 9.53 Å². The Balaban J connectivity index is 1.25. The third kappa shape index (κ3) is 5.14. The second kappa shape index (κ2) is 11.3. The SMILES string of the molecule is CCOc1ccc(-n2c(SCC(=O)NN=C(C)c3ccc4ccccc4c3)nc3sc4c(c3c2=O)CCC4)cc1. The van der Waals surface area contributed by atoms with E-state index in [1.807, 2.05) is 62.4 Å². The van der Waals surface area contributed by atoms with Gasteiger partial charge in [0, 0.05) is 4.88 Å². The molecule has 1 aliphatic carbocycles. The Morgan fingerprint density at radius 1 is 1.10 bits per heavy atom. The van der Waals surface area contributed by atoms with E-state index in [0.717, 1.165) is 51.7 Å². The molecule has 40 heavy (non-hydrogen) atoms. The van der Waals surface area contributed by atoms with Gasteiger partial charge in [-0.15, -0.1) is 11.3 Å². The van der Waals surface area contributed by atoms with Gasteiger partial charge in [0.2, 0.25) is 0 Å². The topological polar surface area (TPSA) is 85.6 Å². The number of carbonyl (C=O) groups is 1. The molecule has 5 aromatic rings. The fourth-order valence-corrected chi connectivity index (χ4v) is 7.10. The van der Waals surface area contributed by atoms with Crippen LogP contribution in [0.1, 0.15) is 36.3 Å². The van der Waals surface area contributed by atoms with Gasteiger partial charge in [-0.2, -0.15) is 5.10 Å². The average molecular weight is 569 g/mol. The summed E-state index contributed by atoms with van der Waals surface area (Å²) in [5.41, 5.74) is 6.03. The molecule has 0 fully saturated rings. The predicted octanol–water partition coefficient (Wildman–Crippen LogP) is 6.12. The second-order valence-electron chi connectivity index (χ2n) is 9.58. The van der Waals surface area contributed by atoms with Crippen molar-refractivity contribution in [2.75, 3.05) is 12.4 Å². The minimum atomic E-state index is -0.272. The van der Waals surface area contributed by atoms with Crippen LogP contribution in [0.2, 0.25) is 0 Å². The molecule has 0 saturated heterocycles. The molecule has 1 amide bonds. The van der Waals surface area contributed by atoms with E-state index in [1.54, 1.807) is 15.9 Å². The number of fused-ring (bicyclic) bond motifs is 4. The summed E-state index contributed by atoms with van der Waals surface area (Å²) in [6, 6.07) is 21.6. The van der Waals surface area contributed by atoms with Gasteiger partial charge >= 0.3 is 0 Å². The highest BCUT2D eigenvalue weighted by molar-refractivity contribution is 7.99. The summed E-state index contributed by atoms with van der Waals surface area (Å²) in [7, 11) is 0. The van der Waals surface area contributed by atoms with Gasteiger partial charge < -0.3 is 4.74 Å². The van der Waals surface area contributed by atoms with Gasteiger partial charge in [-0.25, -0.2) is 10.4 Å². The lowest BCUT2D eigenvalue weighted by Gasteiger charge is -2.13. The third-order valence-electron chi connectivity index (χ3n) is 6.96. The largest absolute Gasteiger partial charge is 0.494 e. The van der Waals surface area contributed by atoms with Crippen LogP contribution in [0.4, 0.5) is 0 Å². The number of carbonyl (C=O) groups excluding carboxylic acids is 1. The molecule has 3 aromatic carbocycles. The lowest BCUT2D eigenvalue weighted by atomic mass is 10.0. The zero-order chi connectivity index (χ0) is 27.6. The van der Waals surface area contributed by atoms with E-state index < -0.39 is 0 Å². The maximum absolute atomic E-state index is 13.9. The summed E-state index contributed by atoms with van der Waals surface area (Å²) < 4.78 is 7.20. The molecule has 7 nitrogen and oxygen atoms in total. The van der Waals surface area contributed by atoms with E-state index in [9.17, 15) is 9.59 Å². The molecular formula is C31H28N4O3S2. The van der Waals surface area contributed by atoms with Crippen molar-refractivity contribution in [2.45, 2.75) is 38.3 Å². The minimum Gasteiger partial charge on any atom is -0.494 e. The molecule has 0 atom stereocenters. The number of ether oxygens (including phenoxy) is 1. The van der Waals surface area contributed by atoms with E-state index in [4.69, 9.17) is 9.72 Å². The van der Waals surface area contributed by atoms with Crippen LogP contribution in [-0.4, -0.2) is 33.5 Å². The Morgan fingerprint density at radius 2 is 1.90 bits per heavy atom. The van der Waals surface area contributed by atoms with Crippen molar-refractivity contribution in [1.82, 2.24) is 15.0 Å².